The molecule has 1 heterocycles. The van der Waals surface area contributed by atoms with Gasteiger partial charge in [-0.25, -0.2) is 0 Å². The maximum absolute atomic E-state index is 12.1. The summed E-state index contributed by atoms with van der Waals surface area (Å²) >= 11 is 0. The zero-order valence-corrected chi connectivity index (χ0v) is 11.6. The van der Waals surface area contributed by atoms with E-state index >= 15 is 0 Å². The number of aryl methyl sites for hydroxylation is 1. The van der Waals surface area contributed by atoms with Gasteiger partial charge in [0.1, 0.15) is 5.76 Å². The van der Waals surface area contributed by atoms with Crippen molar-refractivity contribution in [2.75, 3.05) is 11.8 Å². The third-order valence-electron chi connectivity index (χ3n) is 2.56. The number of nitrogens with one attached hydrogen (secondary N) is 2. The van der Waals surface area contributed by atoms with E-state index in [0.29, 0.717) is 18.0 Å². The van der Waals surface area contributed by atoms with E-state index in [2.05, 4.69) is 10.0 Å². The molecule has 102 valence electrons. The number of rotatable bonds is 5. The first kappa shape index (κ1) is 13.6. The fourth-order valence-corrected chi connectivity index (χ4v) is 2.61. The third-order valence-corrected chi connectivity index (χ3v) is 3.81. The van der Waals surface area contributed by atoms with Crippen molar-refractivity contribution in [2.45, 2.75) is 18.6 Å². The normalized spacial score (nSPS) is 11.5. The van der Waals surface area contributed by atoms with Crippen LogP contribution in [0.25, 0.3) is 0 Å². The Kier molecular flexibility index (Phi) is 3.92. The summed E-state index contributed by atoms with van der Waals surface area (Å²) in [7, 11) is -1.90. The molecule has 0 aliphatic carbocycles. The molecular weight excluding hydrogens is 264 g/mol. The average Bonchev–Trinajstić information content (AvgIpc) is 2.82. The lowest BCUT2D eigenvalue weighted by Crippen LogP contribution is -2.12. The minimum atomic E-state index is -3.67. The Hall–Kier alpha value is -1.79. The molecule has 1 aromatic heterocycles. The molecule has 0 amide bonds. The van der Waals surface area contributed by atoms with Crippen molar-refractivity contribution in [3.8, 4) is 0 Å². The molecule has 0 saturated carbocycles. The fraction of sp³-hybridized carbons (Fsp3) is 0.231. The van der Waals surface area contributed by atoms with E-state index in [4.69, 9.17) is 4.42 Å². The molecule has 19 heavy (non-hydrogen) atoms. The SMILES string of the molecule is CNCc1ccc(S(=O)(=O)Nc2ccc(C)cc2)o1. The lowest BCUT2D eigenvalue weighted by atomic mass is 10.2. The highest BCUT2D eigenvalue weighted by Crippen LogP contribution is 2.18. The highest BCUT2D eigenvalue weighted by atomic mass is 32.2. The molecule has 1 aromatic carbocycles. The summed E-state index contributed by atoms with van der Waals surface area (Å²) < 4.78 is 31.9. The summed E-state index contributed by atoms with van der Waals surface area (Å²) in [6.45, 7) is 2.43. The summed E-state index contributed by atoms with van der Waals surface area (Å²) in [4.78, 5) is 0. The van der Waals surface area contributed by atoms with Crippen molar-refractivity contribution in [1.29, 1.82) is 0 Å². The summed E-state index contributed by atoms with van der Waals surface area (Å²) in [5.74, 6) is 0.576. The zero-order chi connectivity index (χ0) is 13.9. The highest BCUT2D eigenvalue weighted by molar-refractivity contribution is 7.92. The zero-order valence-electron chi connectivity index (χ0n) is 10.8. The van der Waals surface area contributed by atoms with Gasteiger partial charge in [0, 0.05) is 5.69 Å². The lowest BCUT2D eigenvalue weighted by Gasteiger charge is -2.05. The number of hydrogen-bond acceptors (Lipinski definition) is 4. The monoisotopic (exact) mass is 280 g/mol. The number of benzene rings is 1. The quantitative estimate of drug-likeness (QED) is 0.880. The van der Waals surface area contributed by atoms with Crippen molar-refractivity contribution < 1.29 is 12.8 Å². The van der Waals surface area contributed by atoms with E-state index < -0.39 is 10.0 Å². The predicted molar refractivity (Wildman–Crippen MR) is 73.5 cm³/mol. The Labute approximate surface area is 112 Å². The topological polar surface area (TPSA) is 71.3 Å². The van der Waals surface area contributed by atoms with E-state index in [-0.39, 0.29) is 5.09 Å². The van der Waals surface area contributed by atoms with E-state index in [0.717, 1.165) is 5.56 Å². The summed E-state index contributed by atoms with van der Waals surface area (Å²) in [6.07, 6.45) is 0. The maximum Gasteiger partial charge on any atom is 0.295 e. The van der Waals surface area contributed by atoms with Gasteiger partial charge in [-0.15, -0.1) is 0 Å². The maximum atomic E-state index is 12.1. The summed E-state index contributed by atoms with van der Waals surface area (Å²) in [5, 5.41) is 2.81. The average molecular weight is 280 g/mol. The Morgan fingerprint density at radius 2 is 1.79 bits per heavy atom. The van der Waals surface area contributed by atoms with Crippen molar-refractivity contribution >= 4 is 15.7 Å². The van der Waals surface area contributed by atoms with Crippen LogP contribution in [-0.4, -0.2) is 15.5 Å². The fourth-order valence-electron chi connectivity index (χ4n) is 1.60. The Morgan fingerprint density at radius 3 is 2.42 bits per heavy atom. The van der Waals surface area contributed by atoms with Gasteiger partial charge in [-0.05, 0) is 38.2 Å². The molecule has 6 heteroatoms. The second-order valence-electron chi connectivity index (χ2n) is 4.22. The van der Waals surface area contributed by atoms with Gasteiger partial charge in [-0.1, -0.05) is 17.7 Å². The third kappa shape index (κ3) is 3.36. The van der Waals surface area contributed by atoms with Crippen LogP contribution in [0.4, 0.5) is 5.69 Å². The molecule has 0 radical (unpaired) electrons. The smallest absolute Gasteiger partial charge is 0.295 e. The molecular formula is C13H16N2O3S. The highest BCUT2D eigenvalue weighted by Gasteiger charge is 2.18. The van der Waals surface area contributed by atoms with Crippen LogP contribution < -0.4 is 10.0 Å². The first-order valence-electron chi connectivity index (χ1n) is 5.84. The van der Waals surface area contributed by atoms with E-state index in [1.807, 2.05) is 19.1 Å². The molecule has 0 fully saturated rings. The largest absolute Gasteiger partial charge is 0.446 e. The van der Waals surface area contributed by atoms with Crippen LogP contribution in [0.1, 0.15) is 11.3 Å². The molecule has 0 unspecified atom stereocenters. The minimum Gasteiger partial charge on any atom is -0.446 e. The van der Waals surface area contributed by atoms with Crippen molar-refractivity contribution in [2.24, 2.45) is 0 Å². The summed E-state index contributed by atoms with van der Waals surface area (Å²) in [5.41, 5.74) is 1.58. The van der Waals surface area contributed by atoms with Gasteiger partial charge in [0.15, 0.2) is 0 Å². The first-order chi connectivity index (χ1) is 9.01. The van der Waals surface area contributed by atoms with Crippen LogP contribution in [0.3, 0.4) is 0 Å². The number of furan rings is 1. The van der Waals surface area contributed by atoms with Crippen LogP contribution in [0, 0.1) is 6.92 Å². The number of hydrogen-bond donors (Lipinski definition) is 2. The van der Waals surface area contributed by atoms with E-state index in [1.54, 1.807) is 25.2 Å². The van der Waals surface area contributed by atoms with Crippen LogP contribution in [0.2, 0.25) is 0 Å². The van der Waals surface area contributed by atoms with Crippen molar-refractivity contribution in [3.05, 3.63) is 47.7 Å². The standard InChI is InChI=1S/C13H16N2O3S/c1-10-3-5-11(6-4-10)15-19(16,17)13-8-7-12(18-13)9-14-2/h3-8,14-15H,9H2,1-2H3. The second-order valence-corrected chi connectivity index (χ2v) is 5.84. The molecule has 2 rings (SSSR count). The Morgan fingerprint density at radius 1 is 1.11 bits per heavy atom. The van der Waals surface area contributed by atoms with Crippen LogP contribution >= 0.6 is 0 Å². The molecule has 0 aliphatic rings. The van der Waals surface area contributed by atoms with Crippen LogP contribution in [0.5, 0.6) is 0 Å². The molecule has 0 bridgehead atoms. The van der Waals surface area contributed by atoms with Crippen molar-refractivity contribution in [3.63, 3.8) is 0 Å². The van der Waals surface area contributed by atoms with Gasteiger partial charge < -0.3 is 9.73 Å². The molecule has 2 N–H and O–H groups in total. The molecule has 0 saturated heterocycles. The minimum absolute atomic E-state index is 0.0849. The number of sulfonamides is 1. The van der Waals surface area contributed by atoms with E-state index in [1.165, 1.54) is 6.07 Å². The molecule has 0 atom stereocenters. The van der Waals surface area contributed by atoms with Crippen LogP contribution in [0.15, 0.2) is 45.9 Å². The Balaban J connectivity index is 2.19. The molecule has 5 nitrogen and oxygen atoms in total. The van der Waals surface area contributed by atoms with Gasteiger partial charge in [-0.2, -0.15) is 8.42 Å². The van der Waals surface area contributed by atoms with Gasteiger partial charge in [-0.3, -0.25) is 4.72 Å². The Bertz CT molecular complexity index is 645. The van der Waals surface area contributed by atoms with Gasteiger partial charge in [0.25, 0.3) is 10.0 Å². The molecule has 2 aromatic rings. The van der Waals surface area contributed by atoms with Gasteiger partial charge >= 0.3 is 0 Å². The number of anilines is 1. The predicted octanol–water partition coefficient (Wildman–Crippen LogP) is 2.11. The van der Waals surface area contributed by atoms with Gasteiger partial charge in [0.05, 0.1) is 6.54 Å². The molecule has 0 spiro atoms. The second kappa shape index (κ2) is 5.46. The molecule has 0 aliphatic heterocycles. The first-order valence-corrected chi connectivity index (χ1v) is 7.32. The van der Waals surface area contributed by atoms with Crippen molar-refractivity contribution in [1.82, 2.24) is 5.32 Å². The van der Waals surface area contributed by atoms with E-state index in [9.17, 15) is 8.42 Å². The van der Waals surface area contributed by atoms with Crippen LogP contribution in [-0.2, 0) is 16.6 Å². The summed E-state index contributed by atoms with van der Waals surface area (Å²) in [6, 6.07) is 10.2. The lowest BCUT2D eigenvalue weighted by molar-refractivity contribution is 0.408. The van der Waals surface area contributed by atoms with Gasteiger partial charge in [0.2, 0.25) is 5.09 Å².